The Hall–Kier alpha value is -4.71. The zero-order chi connectivity index (χ0) is 50.7. The van der Waals surface area contributed by atoms with Crippen molar-refractivity contribution in [1.82, 2.24) is 0 Å². The van der Waals surface area contributed by atoms with Crippen LogP contribution in [0.5, 0.6) is 0 Å². The molecule has 0 fully saturated rings. The van der Waals surface area contributed by atoms with Gasteiger partial charge in [0.15, 0.2) is 6.10 Å². The zero-order valence-electron chi connectivity index (χ0n) is 44.7. The topological polar surface area (TPSA) is 78.9 Å². The summed E-state index contributed by atoms with van der Waals surface area (Å²) in [7, 11) is 0. The second-order valence-electron chi connectivity index (χ2n) is 17.8. The molecule has 0 aromatic carbocycles. The summed E-state index contributed by atoms with van der Waals surface area (Å²) in [5.41, 5.74) is 0. The van der Waals surface area contributed by atoms with E-state index in [9.17, 15) is 14.4 Å². The van der Waals surface area contributed by atoms with Crippen LogP contribution in [0.3, 0.4) is 0 Å². The third-order valence-corrected chi connectivity index (χ3v) is 11.2. The van der Waals surface area contributed by atoms with Crippen LogP contribution in [0.25, 0.3) is 0 Å². The van der Waals surface area contributed by atoms with Gasteiger partial charge in [0.1, 0.15) is 13.2 Å². The van der Waals surface area contributed by atoms with Crippen LogP contribution < -0.4 is 0 Å². The average Bonchev–Trinajstić information content (AvgIpc) is 3.36. The third-order valence-electron chi connectivity index (χ3n) is 11.2. The molecular formula is C64H100O6. The minimum atomic E-state index is -0.834. The molecule has 1 atom stereocenters. The number of allylic oxidation sites excluding steroid dienone is 24. The highest BCUT2D eigenvalue weighted by molar-refractivity contribution is 5.71. The molecule has 0 radical (unpaired) electrons. The molecule has 1 unspecified atom stereocenters. The fraction of sp³-hybridized carbons (Fsp3) is 0.578. The SMILES string of the molecule is CC\C=C/C=C\C=C/C=C\CCCCCCCC(=O)OCC(COC(=O)CC/C=C\C/C=C\C/C=C\C/C=C\C/C=C\C/C=C\CC)OC(=O)CCCCCCC/C=C\C=C/CCCCCCCCC. The largest absolute Gasteiger partial charge is 0.462 e. The molecular weight excluding hydrogens is 865 g/mol. The highest BCUT2D eigenvalue weighted by Crippen LogP contribution is 2.13. The van der Waals surface area contributed by atoms with Crippen molar-refractivity contribution in [2.75, 3.05) is 13.2 Å². The van der Waals surface area contributed by atoms with Gasteiger partial charge in [-0.15, -0.1) is 0 Å². The molecule has 0 aromatic heterocycles. The van der Waals surface area contributed by atoms with Gasteiger partial charge in [0.25, 0.3) is 0 Å². The number of esters is 3. The number of carbonyl (C=O) groups is 3. The van der Waals surface area contributed by atoms with Crippen LogP contribution in [0.15, 0.2) is 146 Å². The summed E-state index contributed by atoms with van der Waals surface area (Å²) in [6.07, 6.45) is 81.3. The number of unbranched alkanes of at least 4 members (excludes halogenated alkanes) is 17. The van der Waals surface area contributed by atoms with Crippen molar-refractivity contribution in [2.45, 2.75) is 226 Å². The standard InChI is InChI=1S/C64H100O6/c1-4-7-10-13-16-19-22-25-28-30-32-34-36-39-42-45-48-51-54-57-63(66)69-60-61(59-68-62(65)56-53-50-47-44-41-38-35-27-24-21-18-15-12-9-6-3)70-64(67)58-55-52-49-46-43-40-37-33-31-29-26-23-20-17-14-11-8-5-2/h7,9-10,12,15-16,18-19,21,24-25,27-29,31-35,37,39,42,48,51,61H,4-6,8,11,13-14,17,20,22-23,26,30,36,38,40-41,43-47,49-50,52-60H2,1-3H3/b10-7-,12-9-,18-15-,19-16-,24-21-,28-25-,31-29-,34-32-,35-27-,37-33-,42-39-,51-48-. The van der Waals surface area contributed by atoms with Crippen molar-refractivity contribution < 1.29 is 28.6 Å². The predicted molar refractivity (Wildman–Crippen MR) is 302 cm³/mol. The Kier molecular flexibility index (Phi) is 53.0. The molecule has 0 bridgehead atoms. The minimum absolute atomic E-state index is 0.126. The number of hydrogen-bond acceptors (Lipinski definition) is 6. The first kappa shape index (κ1) is 65.3. The van der Waals surface area contributed by atoms with Crippen molar-refractivity contribution in [1.29, 1.82) is 0 Å². The van der Waals surface area contributed by atoms with E-state index in [1.165, 1.54) is 44.9 Å². The van der Waals surface area contributed by atoms with Gasteiger partial charge < -0.3 is 14.2 Å². The number of rotatable bonds is 48. The van der Waals surface area contributed by atoms with Crippen LogP contribution in [-0.2, 0) is 28.6 Å². The lowest BCUT2D eigenvalue weighted by Gasteiger charge is -2.18. The lowest BCUT2D eigenvalue weighted by Crippen LogP contribution is -2.30. The summed E-state index contributed by atoms with van der Waals surface area (Å²) >= 11 is 0. The van der Waals surface area contributed by atoms with Gasteiger partial charge in [-0.1, -0.05) is 244 Å². The fourth-order valence-electron chi connectivity index (χ4n) is 7.06. The second-order valence-corrected chi connectivity index (χ2v) is 17.8. The summed E-state index contributed by atoms with van der Waals surface area (Å²) in [5, 5.41) is 0. The number of carbonyl (C=O) groups excluding carboxylic acids is 3. The summed E-state index contributed by atoms with van der Waals surface area (Å²) in [6, 6.07) is 0. The van der Waals surface area contributed by atoms with E-state index in [1.54, 1.807) is 0 Å². The Bertz CT molecular complexity index is 1580. The molecule has 6 nitrogen and oxygen atoms in total. The smallest absolute Gasteiger partial charge is 0.306 e. The van der Waals surface area contributed by atoms with Crippen LogP contribution >= 0.6 is 0 Å². The van der Waals surface area contributed by atoms with E-state index in [1.807, 2.05) is 36.5 Å². The van der Waals surface area contributed by atoms with Crippen molar-refractivity contribution >= 4 is 17.9 Å². The van der Waals surface area contributed by atoms with Crippen LogP contribution in [0, 0.1) is 0 Å². The van der Waals surface area contributed by atoms with Gasteiger partial charge >= 0.3 is 17.9 Å². The fourth-order valence-corrected chi connectivity index (χ4v) is 7.06. The van der Waals surface area contributed by atoms with Crippen molar-refractivity contribution in [2.24, 2.45) is 0 Å². The third kappa shape index (κ3) is 54.2. The lowest BCUT2D eigenvalue weighted by molar-refractivity contribution is -0.166. The normalized spacial score (nSPS) is 13.2. The first-order chi connectivity index (χ1) is 34.5. The molecule has 392 valence electrons. The quantitative estimate of drug-likeness (QED) is 0.0199. The van der Waals surface area contributed by atoms with Gasteiger partial charge in [0.05, 0.1) is 0 Å². The Morgan fingerprint density at radius 3 is 1.11 bits per heavy atom. The molecule has 70 heavy (non-hydrogen) atoms. The molecule has 0 saturated carbocycles. The summed E-state index contributed by atoms with van der Waals surface area (Å²) in [6.45, 7) is 6.27. The van der Waals surface area contributed by atoms with Crippen LogP contribution in [-0.4, -0.2) is 37.2 Å². The second kappa shape index (κ2) is 56.9. The molecule has 0 rings (SSSR count). The van der Waals surface area contributed by atoms with Crippen molar-refractivity contribution in [3.63, 3.8) is 0 Å². The highest BCUT2D eigenvalue weighted by Gasteiger charge is 2.19. The molecule has 0 N–H and O–H groups in total. The lowest BCUT2D eigenvalue weighted by atomic mass is 10.1. The molecule has 0 spiro atoms. The molecule has 0 aromatic rings. The summed E-state index contributed by atoms with van der Waals surface area (Å²) in [4.78, 5) is 38.1. The van der Waals surface area contributed by atoms with Gasteiger partial charge in [0.2, 0.25) is 0 Å². The van der Waals surface area contributed by atoms with E-state index in [0.717, 1.165) is 128 Å². The van der Waals surface area contributed by atoms with Gasteiger partial charge in [-0.05, 0) is 103 Å². The monoisotopic (exact) mass is 965 g/mol. The molecule has 6 heteroatoms. The Morgan fingerprint density at radius 1 is 0.314 bits per heavy atom. The Balaban J connectivity index is 4.60. The van der Waals surface area contributed by atoms with E-state index < -0.39 is 6.10 Å². The van der Waals surface area contributed by atoms with Gasteiger partial charge in [-0.3, -0.25) is 14.4 Å². The first-order valence-electron chi connectivity index (χ1n) is 27.9. The molecule has 0 heterocycles. The van der Waals surface area contributed by atoms with E-state index in [2.05, 4.69) is 130 Å². The average molecular weight is 965 g/mol. The maximum Gasteiger partial charge on any atom is 0.306 e. The van der Waals surface area contributed by atoms with E-state index >= 15 is 0 Å². The van der Waals surface area contributed by atoms with Crippen molar-refractivity contribution in [3.8, 4) is 0 Å². The van der Waals surface area contributed by atoms with E-state index in [4.69, 9.17) is 14.2 Å². The van der Waals surface area contributed by atoms with Gasteiger partial charge in [-0.2, -0.15) is 0 Å². The van der Waals surface area contributed by atoms with Crippen LogP contribution in [0.1, 0.15) is 220 Å². The highest BCUT2D eigenvalue weighted by atomic mass is 16.6. The molecule has 0 aliphatic rings. The minimum Gasteiger partial charge on any atom is -0.462 e. The van der Waals surface area contributed by atoms with Gasteiger partial charge in [-0.25, -0.2) is 0 Å². The molecule has 0 amide bonds. The zero-order valence-corrected chi connectivity index (χ0v) is 44.7. The van der Waals surface area contributed by atoms with E-state index in [0.29, 0.717) is 12.8 Å². The Labute approximate surface area is 429 Å². The van der Waals surface area contributed by atoms with E-state index in [-0.39, 0.29) is 44.0 Å². The predicted octanol–water partition coefficient (Wildman–Crippen LogP) is 18.8. The van der Waals surface area contributed by atoms with Crippen LogP contribution in [0.2, 0.25) is 0 Å². The molecule has 0 aliphatic carbocycles. The van der Waals surface area contributed by atoms with Crippen LogP contribution in [0.4, 0.5) is 0 Å². The Morgan fingerprint density at radius 2 is 0.657 bits per heavy atom. The molecule has 0 aliphatic heterocycles. The van der Waals surface area contributed by atoms with Gasteiger partial charge in [0, 0.05) is 19.3 Å². The number of hydrogen-bond donors (Lipinski definition) is 0. The maximum atomic E-state index is 12.8. The first-order valence-corrected chi connectivity index (χ1v) is 27.9. The van der Waals surface area contributed by atoms with Crippen molar-refractivity contribution in [3.05, 3.63) is 146 Å². The molecule has 0 saturated heterocycles. The maximum absolute atomic E-state index is 12.8. The number of ether oxygens (including phenoxy) is 3. The summed E-state index contributed by atoms with van der Waals surface area (Å²) in [5.74, 6) is -1.06. The summed E-state index contributed by atoms with van der Waals surface area (Å²) < 4.78 is 16.7.